The molecule has 0 radical (unpaired) electrons. The quantitative estimate of drug-likeness (QED) is 0.623. The van der Waals surface area contributed by atoms with Crippen molar-refractivity contribution in [3.63, 3.8) is 0 Å². The maximum absolute atomic E-state index is 12.9. The molecule has 2 aromatic carbocycles. The van der Waals surface area contributed by atoms with Crippen LogP contribution in [0, 0.1) is 5.92 Å². The number of amides is 1. The van der Waals surface area contributed by atoms with Gasteiger partial charge in [-0.2, -0.15) is 0 Å². The molecule has 0 aromatic heterocycles. The minimum atomic E-state index is -0.597. The molecule has 1 heterocycles. The molecule has 3 N–H and O–H groups in total. The van der Waals surface area contributed by atoms with E-state index in [0.717, 1.165) is 57.4 Å². The van der Waals surface area contributed by atoms with E-state index < -0.39 is 5.60 Å². The van der Waals surface area contributed by atoms with Crippen LogP contribution in [-0.4, -0.2) is 42.8 Å². The number of quaternary nitrogens is 1. The number of rotatable bonds is 7. The van der Waals surface area contributed by atoms with Crippen LogP contribution in [0.1, 0.15) is 57.6 Å². The Kier molecular flexibility index (Phi) is 7.17. The number of aliphatic hydroxyl groups is 1. The van der Waals surface area contributed by atoms with Gasteiger partial charge in [0.1, 0.15) is 6.04 Å². The van der Waals surface area contributed by atoms with Crippen molar-refractivity contribution in [1.29, 1.82) is 0 Å². The largest absolute Gasteiger partial charge is 0.389 e. The number of nitrogens with one attached hydrogen (secondary N) is 2. The number of carbonyl (C=O) groups is 1. The third kappa shape index (κ3) is 4.84. The van der Waals surface area contributed by atoms with Gasteiger partial charge in [-0.05, 0) is 51.0 Å². The van der Waals surface area contributed by atoms with E-state index in [0.29, 0.717) is 6.54 Å². The molecule has 2 fully saturated rings. The summed E-state index contributed by atoms with van der Waals surface area (Å²) in [6, 6.07) is 18.7. The zero-order chi connectivity index (χ0) is 22.6. The minimum Gasteiger partial charge on any atom is -0.389 e. The van der Waals surface area contributed by atoms with Crippen molar-refractivity contribution in [2.45, 2.75) is 57.6 Å². The molecule has 0 spiro atoms. The Bertz CT molecular complexity index is 882. The van der Waals surface area contributed by atoms with Crippen LogP contribution in [0.15, 0.2) is 54.6 Å². The second kappa shape index (κ2) is 10.1. The van der Waals surface area contributed by atoms with Gasteiger partial charge in [0.05, 0.1) is 12.1 Å². The molecule has 1 saturated heterocycles. The summed E-state index contributed by atoms with van der Waals surface area (Å²) in [6.07, 6.45) is 4.95. The Balaban J connectivity index is 1.58. The van der Waals surface area contributed by atoms with Crippen LogP contribution in [0.3, 0.4) is 0 Å². The van der Waals surface area contributed by atoms with Crippen LogP contribution in [0.25, 0.3) is 0 Å². The lowest BCUT2D eigenvalue weighted by atomic mass is 9.66. The number of likely N-dealkylation sites (tertiary alicyclic amines) is 1. The Labute approximate surface area is 192 Å². The lowest BCUT2D eigenvalue weighted by Gasteiger charge is -2.50. The Morgan fingerprint density at radius 3 is 2.47 bits per heavy atom. The molecule has 2 aliphatic rings. The molecular formula is C27H38N3O2+. The van der Waals surface area contributed by atoms with E-state index in [1.807, 2.05) is 30.3 Å². The van der Waals surface area contributed by atoms with Crippen LogP contribution in [-0.2, 0) is 4.79 Å². The number of fused-ring (bicyclic) bond motifs is 1. The van der Waals surface area contributed by atoms with Crippen molar-refractivity contribution in [3.8, 4) is 0 Å². The van der Waals surface area contributed by atoms with Gasteiger partial charge >= 0.3 is 0 Å². The summed E-state index contributed by atoms with van der Waals surface area (Å²) in [6.45, 7) is 7.56. The summed E-state index contributed by atoms with van der Waals surface area (Å²) < 4.78 is 0. The third-order valence-electron chi connectivity index (χ3n) is 7.61. The second-order valence-corrected chi connectivity index (χ2v) is 9.45. The van der Waals surface area contributed by atoms with E-state index in [9.17, 15) is 9.90 Å². The molecule has 2 aromatic rings. The van der Waals surface area contributed by atoms with Crippen molar-refractivity contribution in [2.75, 3.05) is 36.4 Å². The zero-order valence-corrected chi connectivity index (χ0v) is 19.5. The topological polar surface area (TPSA) is 57.0 Å². The molecule has 4 atom stereocenters. The van der Waals surface area contributed by atoms with Crippen molar-refractivity contribution < 1.29 is 14.8 Å². The first kappa shape index (κ1) is 22.8. The third-order valence-corrected chi connectivity index (χ3v) is 7.61. The fourth-order valence-corrected chi connectivity index (χ4v) is 5.93. The predicted molar refractivity (Wildman–Crippen MR) is 130 cm³/mol. The van der Waals surface area contributed by atoms with Crippen LogP contribution < -0.4 is 15.1 Å². The van der Waals surface area contributed by atoms with Crippen LogP contribution >= 0.6 is 0 Å². The number of anilines is 2. The minimum absolute atomic E-state index is 0.0391. The number of piperidine rings is 1. The first-order valence-electron chi connectivity index (χ1n) is 12.3. The molecule has 4 rings (SSSR count). The molecule has 1 amide bonds. The zero-order valence-electron chi connectivity index (χ0n) is 19.5. The molecule has 0 bridgehead atoms. The Morgan fingerprint density at radius 1 is 1.06 bits per heavy atom. The van der Waals surface area contributed by atoms with Crippen molar-refractivity contribution in [1.82, 2.24) is 0 Å². The van der Waals surface area contributed by atoms with Crippen LogP contribution in [0.5, 0.6) is 0 Å². The van der Waals surface area contributed by atoms with Crippen molar-refractivity contribution in [2.24, 2.45) is 5.92 Å². The molecule has 1 saturated carbocycles. The summed E-state index contributed by atoms with van der Waals surface area (Å²) in [5.41, 5.74) is 2.72. The van der Waals surface area contributed by atoms with Gasteiger partial charge in [-0.25, -0.2) is 0 Å². The highest BCUT2D eigenvalue weighted by molar-refractivity contribution is 5.91. The number of hydrogen-bond donors (Lipinski definition) is 3. The summed E-state index contributed by atoms with van der Waals surface area (Å²) in [5, 5.41) is 14.6. The number of nitrogens with zero attached hydrogens (tertiary/aromatic N) is 1. The van der Waals surface area contributed by atoms with Gasteiger partial charge in [0.15, 0.2) is 6.54 Å². The van der Waals surface area contributed by atoms with Crippen LogP contribution in [0.4, 0.5) is 11.4 Å². The highest BCUT2D eigenvalue weighted by Gasteiger charge is 2.51. The first-order chi connectivity index (χ1) is 15.5. The van der Waals surface area contributed by atoms with E-state index >= 15 is 0 Å². The lowest BCUT2D eigenvalue weighted by molar-refractivity contribution is -0.937. The van der Waals surface area contributed by atoms with Gasteiger partial charge < -0.3 is 20.2 Å². The number of para-hydroxylation sites is 1. The summed E-state index contributed by atoms with van der Waals surface area (Å²) >= 11 is 0. The van der Waals surface area contributed by atoms with Crippen LogP contribution in [0.2, 0.25) is 0 Å². The monoisotopic (exact) mass is 436 g/mol. The maximum atomic E-state index is 12.9. The van der Waals surface area contributed by atoms with Gasteiger partial charge in [-0.3, -0.25) is 4.79 Å². The fraction of sp³-hybridized carbons (Fsp3) is 0.519. The predicted octanol–water partition coefficient (Wildman–Crippen LogP) is 3.42. The lowest BCUT2D eigenvalue weighted by Crippen LogP contribution is -3.16. The van der Waals surface area contributed by atoms with Gasteiger partial charge in [-0.15, -0.1) is 0 Å². The second-order valence-electron chi connectivity index (χ2n) is 9.45. The molecule has 32 heavy (non-hydrogen) atoms. The molecule has 172 valence electrons. The van der Waals surface area contributed by atoms with Gasteiger partial charge in [-0.1, -0.05) is 43.2 Å². The van der Waals surface area contributed by atoms with E-state index in [2.05, 4.69) is 48.3 Å². The average Bonchev–Trinajstić information content (AvgIpc) is 2.81. The Morgan fingerprint density at radius 2 is 1.78 bits per heavy atom. The number of hydrogen-bond acceptors (Lipinski definition) is 3. The van der Waals surface area contributed by atoms with Crippen molar-refractivity contribution >= 4 is 17.3 Å². The highest BCUT2D eigenvalue weighted by Crippen LogP contribution is 2.44. The molecule has 5 nitrogen and oxygen atoms in total. The number of benzene rings is 2. The van der Waals surface area contributed by atoms with Crippen molar-refractivity contribution in [3.05, 3.63) is 60.2 Å². The highest BCUT2D eigenvalue weighted by atomic mass is 16.3. The van der Waals surface area contributed by atoms with E-state index in [4.69, 9.17) is 0 Å². The standard InChI is InChI=1S/C27H37N3O2/c1-3-29(4-2)23-15-13-21(14-16-23)26-24-12-8-9-17-27(24,32)18-19-30(26)20-25(31)28-22-10-6-5-7-11-22/h5-7,10-11,13-16,24,26,32H,3-4,8-9,12,17-20H2,1-2H3,(H,28,31)/p+1/t24-,26+,27+/m1/s1. The fourth-order valence-electron chi connectivity index (χ4n) is 5.93. The van der Waals surface area contributed by atoms with E-state index in [-0.39, 0.29) is 17.9 Å². The summed E-state index contributed by atoms with van der Waals surface area (Å²) in [4.78, 5) is 16.5. The SMILES string of the molecule is CCN(CC)c1ccc([C@H]2[C@H]3CCCC[C@]3(O)CC[NH+]2CC(=O)Nc2ccccc2)cc1. The maximum Gasteiger partial charge on any atom is 0.279 e. The van der Waals surface area contributed by atoms with Gasteiger partial charge in [0.2, 0.25) is 0 Å². The molecule has 1 unspecified atom stereocenters. The molecule has 1 aliphatic carbocycles. The smallest absolute Gasteiger partial charge is 0.279 e. The Hall–Kier alpha value is -2.37. The normalized spacial score (nSPS) is 27.4. The molecular weight excluding hydrogens is 398 g/mol. The average molecular weight is 437 g/mol. The first-order valence-corrected chi connectivity index (χ1v) is 12.3. The van der Waals surface area contributed by atoms with E-state index in [1.165, 1.54) is 16.2 Å². The molecule has 5 heteroatoms. The summed E-state index contributed by atoms with van der Waals surface area (Å²) in [7, 11) is 0. The summed E-state index contributed by atoms with van der Waals surface area (Å²) in [5.74, 6) is 0.237. The number of carbonyl (C=O) groups excluding carboxylic acids is 1. The van der Waals surface area contributed by atoms with Gasteiger partial charge in [0, 0.05) is 42.4 Å². The molecule has 1 aliphatic heterocycles. The van der Waals surface area contributed by atoms with Gasteiger partial charge in [0.25, 0.3) is 5.91 Å². The van der Waals surface area contributed by atoms with E-state index in [1.54, 1.807) is 0 Å².